The zero-order chi connectivity index (χ0) is 14.9. The second-order valence-corrected chi connectivity index (χ2v) is 6.33. The maximum absolute atomic E-state index is 12.1. The molecule has 2 N–H and O–H groups in total. The van der Waals surface area contributed by atoms with Crippen molar-refractivity contribution in [1.29, 1.82) is 0 Å². The summed E-state index contributed by atoms with van der Waals surface area (Å²) in [4.78, 5) is 12.1. The largest absolute Gasteiger partial charge is 0.325 e. The van der Waals surface area contributed by atoms with E-state index in [2.05, 4.69) is 20.8 Å². The Hall–Kier alpha value is -2.47. The second kappa shape index (κ2) is 5.38. The second-order valence-electron chi connectivity index (χ2n) is 5.33. The number of anilines is 2. The molecule has 1 aliphatic carbocycles. The Morgan fingerprint density at radius 1 is 1.05 bits per heavy atom. The van der Waals surface area contributed by atoms with Crippen molar-refractivity contribution in [2.75, 3.05) is 10.6 Å². The van der Waals surface area contributed by atoms with E-state index in [1.165, 1.54) is 24.2 Å². The van der Waals surface area contributed by atoms with Crippen molar-refractivity contribution in [3.63, 3.8) is 0 Å². The number of fused-ring (bicyclic) bond motifs is 1. The highest BCUT2D eigenvalue weighted by atomic mass is 32.1. The lowest BCUT2D eigenvalue weighted by molar-refractivity contribution is 0.262. The molecule has 1 aromatic heterocycles. The number of hydrogen-bond acceptors (Lipinski definition) is 4. The van der Waals surface area contributed by atoms with E-state index >= 15 is 0 Å². The van der Waals surface area contributed by atoms with E-state index in [0.717, 1.165) is 21.5 Å². The fourth-order valence-corrected chi connectivity index (χ4v) is 3.27. The van der Waals surface area contributed by atoms with Crippen LogP contribution in [0.2, 0.25) is 0 Å². The third-order valence-electron chi connectivity index (χ3n) is 3.63. The van der Waals surface area contributed by atoms with Gasteiger partial charge in [-0.25, -0.2) is 4.79 Å². The van der Waals surface area contributed by atoms with Gasteiger partial charge in [0.15, 0.2) is 0 Å². The van der Waals surface area contributed by atoms with Crippen LogP contribution in [0.5, 0.6) is 0 Å². The molecule has 2 amide bonds. The van der Waals surface area contributed by atoms with Crippen molar-refractivity contribution in [1.82, 2.24) is 10.2 Å². The summed E-state index contributed by atoms with van der Waals surface area (Å²) in [7, 11) is 0. The molecule has 0 aliphatic heterocycles. The molecule has 0 saturated heterocycles. The molecule has 110 valence electrons. The molecule has 0 radical (unpaired) electrons. The van der Waals surface area contributed by atoms with Gasteiger partial charge in [0.2, 0.25) is 5.13 Å². The zero-order valence-corrected chi connectivity index (χ0v) is 12.6. The number of benzene rings is 2. The van der Waals surface area contributed by atoms with Gasteiger partial charge in [0, 0.05) is 11.3 Å². The average molecular weight is 310 g/mol. The number of urea groups is 1. The molecule has 2 aromatic carbocycles. The van der Waals surface area contributed by atoms with Crippen LogP contribution in [0.15, 0.2) is 42.5 Å². The SMILES string of the molecule is O=C(Nc1nnc(C2CC2)s1)Nc1cccc2ccccc12. The average Bonchev–Trinajstić information content (AvgIpc) is 3.28. The summed E-state index contributed by atoms with van der Waals surface area (Å²) in [5.41, 5.74) is 0.780. The first kappa shape index (κ1) is 13.2. The monoisotopic (exact) mass is 310 g/mol. The van der Waals surface area contributed by atoms with Gasteiger partial charge in [0.25, 0.3) is 0 Å². The van der Waals surface area contributed by atoms with E-state index in [4.69, 9.17) is 0 Å². The highest BCUT2D eigenvalue weighted by molar-refractivity contribution is 7.15. The standard InChI is InChI=1S/C16H14N4OS/c21-15(18-16-20-19-14(22-16)11-8-9-11)17-13-7-3-5-10-4-1-2-6-12(10)13/h1-7,11H,8-9H2,(H2,17,18,20,21). The van der Waals surface area contributed by atoms with Gasteiger partial charge in [0.1, 0.15) is 5.01 Å². The van der Waals surface area contributed by atoms with Crippen LogP contribution in [-0.4, -0.2) is 16.2 Å². The molecular weight excluding hydrogens is 296 g/mol. The van der Waals surface area contributed by atoms with Gasteiger partial charge in [0.05, 0.1) is 5.69 Å². The van der Waals surface area contributed by atoms with Gasteiger partial charge < -0.3 is 5.32 Å². The Kier molecular flexibility index (Phi) is 3.23. The third kappa shape index (κ3) is 2.65. The first-order valence-corrected chi connectivity index (χ1v) is 8.00. The number of aromatic nitrogens is 2. The van der Waals surface area contributed by atoms with Gasteiger partial charge in [-0.05, 0) is 24.3 Å². The van der Waals surface area contributed by atoms with Crippen molar-refractivity contribution < 1.29 is 4.79 Å². The van der Waals surface area contributed by atoms with Crippen LogP contribution < -0.4 is 10.6 Å². The number of nitrogens with zero attached hydrogens (tertiary/aromatic N) is 2. The van der Waals surface area contributed by atoms with Crippen LogP contribution in [0.25, 0.3) is 10.8 Å². The van der Waals surface area contributed by atoms with E-state index in [1.807, 2.05) is 42.5 Å². The van der Waals surface area contributed by atoms with Crippen LogP contribution in [0.1, 0.15) is 23.8 Å². The van der Waals surface area contributed by atoms with E-state index in [0.29, 0.717) is 11.0 Å². The maximum atomic E-state index is 12.1. The molecule has 22 heavy (non-hydrogen) atoms. The predicted molar refractivity (Wildman–Crippen MR) is 88.5 cm³/mol. The van der Waals surface area contributed by atoms with Crippen LogP contribution in [-0.2, 0) is 0 Å². The molecular formula is C16H14N4OS. The van der Waals surface area contributed by atoms with E-state index in [9.17, 15) is 4.79 Å². The number of carbonyl (C=O) groups is 1. The van der Waals surface area contributed by atoms with E-state index < -0.39 is 0 Å². The van der Waals surface area contributed by atoms with E-state index in [1.54, 1.807) is 0 Å². The number of hydrogen-bond donors (Lipinski definition) is 2. The lowest BCUT2D eigenvalue weighted by Gasteiger charge is -2.08. The van der Waals surface area contributed by atoms with Gasteiger partial charge >= 0.3 is 6.03 Å². The summed E-state index contributed by atoms with van der Waals surface area (Å²) in [5, 5.41) is 17.4. The van der Waals surface area contributed by atoms with Crippen LogP contribution in [0.3, 0.4) is 0 Å². The van der Waals surface area contributed by atoms with Crippen LogP contribution in [0, 0.1) is 0 Å². The van der Waals surface area contributed by atoms with Crippen molar-refractivity contribution in [2.24, 2.45) is 0 Å². The number of nitrogens with one attached hydrogen (secondary N) is 2. The minimum Gasteiger partial charge on any atom is -0.307 e. The summed E-state index contributed by atoms with van der Waals surface area (Å²) in [5.74, 6) is 0.550. The fourth-order valence-electron chi connectivity index (χ4n) is 2.37. The Morgan fingerprint density at radius 2 is 1.86 bits per heavy atom. The summed E-state index contributed by atoms with van der Waals surface area (Å²) in [6.45, 7) is 0. The minimum atomic E-state index is -0.296. The fraction of sp³-hybridized carbons (Fsp3) is 0.188. The molecule has 0 unspecified atom stereocenters. The first-order chi connectivity index (χ1) is 10.8. The number of rotatable bonds is 3. The van der Waals surface area contributed by atoms with Crippen LogP contribution >= 0.6 is 11.3 Å². The lowest BCUT2D eigenvalue weighted by Crippen LogP contribution is -2.19. The molecule has 1 fully saturated rings. The van der Waals surface area contributed by atoms with Crippen LogP contribution in [0.4, 0.5) is 15.6 Å². The van der Waals surface area contributed by atoms with Crippen molar-refractivity contribution >= 4 is 39.0 Å². The smallest absolute Gasteiger partial charge is 0.307 e. The Morgan fingerprint density at radius 3 is 2.73 bits per heavy atom. The summed E-state index contributed by atoms with van der Waals surface area (Å²) in [6, 6.07) is 13.5. The van der Waals surface area contributed by atoms with Gasteiger partial charge in [-0.15, -0.1) is 10.2 Å². The molecule has 5 nitrogen and oxygen atoms in total. The highest BCUT2D eigenvalue weighted by Crippen LogP contribution is 2.42. The van der Waals surface area contributed by atoms with Crippen molar-refractivity contribution in [3.05, 3.63) is 47.5 Å². The first-order valence-electron chi connectivity index (χ1n) is 7.19. The molecule has 3 aromatic rings. The Balaban J connectivity index is 1.50. The minimum absolute atomic E-state index is 0.296. The highest BCUT2D eigenvalue weighted by Gasteiger charge is 2.27. The molecule has 4 rings (SSSR count). The predicted octanol–water partition coefficient (Wildman–Crippen LogP) is 4.21. The summed E-state index contributed by atoms with van der Waals surface area (Å²) >= 11 is 1.45. The molecule has 6 heteroatoms. The maximum Gasteiger partial charge on any atom is 0.325 e. The molecule has 1 saturated carbocycles. The van der Waals surface area contributed by atoms with Gasteiger partial charge in [-0.1, -0.05) is 47.7 Å². The van der Waals surface area contributed by atoms with Gasteiger partial charge in [-0.3, -0.25) is 5.32 Å². The topological polar surface area (TPSA) is 66.9 Å². The summed E-state index contributed by atoms with van der Waals surface area (Å²) in [6.07, 6.45) is 2.35. The number of amides is 2. The quantitative estimate of drug-likeness (QED) is 0.761. The molecule has 0 atom stereocenters. The molecule has 0 spiro atoms. The normalized spacial score (nSPS) is 14.0. The van der Waals surface area contributed by atoms with Gasteiger partial charge in [-0.2, -0.15) is 0 Å². The third-order valence-corrected chi connectivity index (χ3v) is 4.63. The molecule has 1 aliphatic rings. The molecule has 0 bridgehead atoms. The Labute approximate surface area is 131 Å². The molecule has 1 heterocycles. The summed E-state index contributed by atoms with van der Waals surface area (Å²) < 4.78 is 0. The van der Waals surface area contributed by atoms with Crippen molar-refractivity contribution in [3.8, 4) is 0 Å². The Bertz CT molecular complexity index is 836. The zero-order valence-electron chi connectivity index (χ0n) is 11.7. The van der Waals surface area contributed by atoms with Crippen molar-refractivity contribution in [2.45, 2.75) is 18.8 Å². The van der Waals surface area contributed by atoms with E-state index in [-0.39, 0.29) is 6.03 Å². The lowest BCUT2D eigenvalue weighted by atomic mass is 10.1. The number of carbonyl (C=O) groups excluding carboxylic acids is 1.